The van der Waals surface area contributed by atoms with Crippen molar-refractivity contribution in [3.8, 4) is 0 Å². The van der Waals surface area contributed by atoms with Gasteiger partial charge in [0.15, 0.2) is 5.65 Å². The molecule has 118 valence electrons. The standard InChI is InChI=1S/C13H17N5O3S/c1-2-3-22-12-10-11(16-13(14)17-12)18(6-15-10)9-4-7(20)8(5-19)21-9/h2,6-9,19-20H,1,3-5H2,(H2,14,16,17)/t7-,8+,9+/m0/s1. The van der Waals surface area contributed by atoms with Crippen molar-refractivity contribution >= 4 is 28.9 Å². The summed E-state index contributed by atoms with van der Waals surface area (Å²) in [6, 6.07) is 0. The van der Waals surface area contributed by atoms with Gasteiger partial charge in [0, 0.05) is 12.2 Å². The number of imidazole rings is 1. The summed E-state index contributed by atoms with van der Waals surface area (Å²) in [5.74, 6) is 0.835. The Kier molecular flexibility index (Phi) is 4.30. The van der Waals surface area contributed by atoms with Gasteiger partial charge in [-0.25, -0.2) is 9.97 Å². The minimum Gasteiger partial charge on any atom is -0.394 e. The van der Waals surface area contributed by atoms with Crippen molar-refractivity contribution in [1.82, 2.24) is 19.5 Å². The van der Waals surface area contributed by atoms with Crippen molar-refractivity contribution in [2.45, 2.75) is 29.9 Å². The number of nitrogens with zero attached hydrogens (tertiary/aromatic N) is 4. The highest BCUT2D eigenvalue weighted by atomic mass is 32.2. The molecule has 8 nitrogen and oxygen atoms in total. The maximum absolute atomic E-state index is 9.86. The summed E-state index contributed by atoms with van der Waals surface area (Å²) < 4.78 is 7.35. The zero-order valence-electron chi connectivity index (χ0n) is 11.8. The first-order valence-corrected chi connectivity index (χ1v) is 7.80. The number of aromatic nitrogens is 4. The molecule has 0 amide bonds. The Hall–Kier alpha value is -1.68. The minimum atomic E-state index is -0.721. The first kappa shape index (κ1) is 15.2. The molecule has 2 aromatic rings. The highest BCUT2D eigenvalue weighted by Crippen LogP contribution is 2.32. The van der Waals surface area contributed by atoms with E-state index in [1.54, 1.807) is 17.0 Å². The Morgan fingerprint density at radius 1 is 1.55 bits per heavy atom. The largest absolute Gasteiger partial charge is 0.394 e. The Morgan fingerprint density at radius 3 is 3.05 bits per heavy atom. The Bertz CT molecular complexity index is 692. The van der Waals surface area contributed by atoms with E-state index in [0.29, 0.717) is 28.4 Å². The lowest BCUT2D eigenvalue weighted by atomic mass is 10.2. The van der Waals surface area contributed by atoms with Gasteiger partial charge in [0.05, 0.1) is 19.0 Å². The van der Waals surface area contributed by atoms with Gasteiger partial charge >= 0.3 is 0 Å². The summed E-state index contributed by atoms with van der Waals surface area (Å²) in [4.78, 5) is 12.8. The number of aliphatic hydroxyl groups is 2. The number of hydrogen-bond acceptors (Lipinski definition) is 8. The topological polar surface area (TPSA) is 119 Å². The van der Waals surface area contributed by atoms with Crippen LogP contribution in [0.25, 0.3) is 11.2 Å². The van der Waals surface area contributed by atoms with Crippen molar-refractivity contribution in [2.24, 2.45) is 0 Å². The molecule has 0 unspecified atom stereocenters. The molecule has 0 spiro atoms. The molecule has 0 aromatic carbocycles. The summed E-state index contributed by atoms with van der Waals surface area (Å²) >= 11 is 1.47. The molecule has 1 saturated heterocycles. The highest BCUT2D eigenvalue weighted by Gasteiger charge is 2.35. The highest BCUT2D eigenvalue weighted by molar-refractivity contribution is 7.99. The van der Waals surface area contributed by atoms with Crippen molar-refractivity contribution in [3.63, 3.8) is 0 Å². The van der Waals surface area contributed by atoms with Crippen LogP contribution in [0.15, 0.2) is 24.0 Å². The van der Waals surface area contributed by atoms with Crippen molar-refractivity contribution < 1.29 is 14.9 Å². The first-order chi connectivity index (χ1) is 10.6. The number of ether oxygens (including phenoxy) is 1. The van der Waals surface area contributed by atoms with Gasteiger partial charge in [-0.05, 0) is 0 Å². The van der Waals surface area contributed by atoms with Crippen molar-refractivity contribution in [3.05, 3.63) is 19.0 Å². The molecule has 3 heterocycles. The molecule has 0 aliphatic carbocycles. The van der Waals surface area contributed by atoms with Gasteiger partial charge in [-0.1, -0.05) is 17.8 Å². The Morgan fingerprint density at radius 2 is 2.36 bits per heavy atom. The van der Waals surface area contributed by atoms with E-state index < -0.39 is 18.4 Å². The summed E-state index contributed by atoms with van der Waals surface area (Å²) in [7, 11) is 0. The lowest BCUT2D eigenvalue weighted by molar-refractivity contribution is -0.0432. The van der Waals surface area contributed by atoms with Gasteiger partial charge in [0.1, 0.15) is 22.9 Å². The summed E-state index contributed by atoms with van der Waals surface area (Å²) in [5, 5.41) is 19.7. The number of fused-ring (bicyclic) bond motifs is 1. The SMILES string of the molecule is C=CCSc1nc(N)nc2c1ncn2[C@H]1C[C@H](O)[C@@H](CO)O1. The van der Waals surface area contributed by atoms with E-state index in [-0.39, 0.29) is 12.6 Å². The summed E-state index contributed by atoms with van der Waals surface area (Å²) in [5.41, 5.74) is 6.95. The molecule has 22 heavy (non-hydrogen) atoms. The van der Waals surface area contributed by atoms with Crippen LogP contribution in [-0.4, -0.2) is 54.3 Å². The second-order valence-corrected chi connectivity index (χ2v) is 5.93. The normalized spacial score (nSPS) is 24.9. The number of anilines is 1. The van der Waals surface area contributed by atoms with Crippen LogP contribution in [0.3, 0.4) is 0 Å². The molecule has 3 atom stereocenters. The quantitative estimate of drug-likeness (QED) is 0.409. The molecule has 9 heteroatoms. The van der Waals surface area contributed by atoms with Crippen LogP contribution in [0.4, 0.5) is 5.95 Å². The fourth-order valence-electron chi connectivity index (χ4n) is 2.41. The van der Waals surface area contributed by atoms with Crippen LogP contribution in [0.1, 0.15) is 12.6 Å². The van der Waals surface area contributed by atoms with Crippen LogP contribution in [0.2, 0.25) is 0 Å². The van der Waals surface area contributed by atoms with E-state index in [1.165, 1.54) is 11.8 Å². The zero-order chi connectivity index (χ0) is 15.7. The number of aliphatic hydroxyl groups excluding tert-OH is 2. The van der Waals surface area contributed by atoms with E-state index >= 15 is 0 Å². The number of nitrogens with two attached hydrogens (primary N) is 1. The van der Waals surface area contributed by atoms with E-state index in [2.05, 4.69) is 21.5 Å². The zero-order valence-corrected chi connectivity index (χ0v) is 12.6. The number of nitrogen functional groups attached to an aromatic ring is 1. The predicted octanol–water partition coefficient (Wildman–Crippen LogP) is 0.327. The van der Waals surface area contributed by atoms with Gasteiger partial charge < -0.3 is 20.7 Å². The number of hydrogen-bond donors (Lipinski definition) is 3. The number of thioether (sulfide) groups is 1. The molecule has 1 aliphatic heterocycles. The second-order valence-electron chi connectivity index (χ2n) is 4.93. The smallest absolute Gasteiger partial charge is 0.223 e. The third kappa shape index (κ3) is 2.68. The Balaban J connectivity index is 1.98. The number of rotatable bonds is 5. The molecule has 3 rings (SSSR count). The first-order valence-electron chi connectivity index (χ1n) is 6.82. The second kappa shape index (κ2) is 6.21. The van der Waals surface area contributed by atoms with Crippen LogP contribution < -0.4 is 5.73 Å². The van der Waals surface area contributed by atoms with Crippen molar-refractivity contribution in [2.75, 3.05) is 18.1 Å². The van der Waals surface area contributed by atoms with Gasteiger partial charge in [-0.2, -0.15) is 4.98 Å². The fourth-order valence-corrected chi connectivity index (χ4v) is 3.12. The third-order valence-electron chi connectivity index (χ3n) is 3.44. The van der Waals surface area contributed by atoms with Crippen LogP contribution in [0, 0.1) is 0 Å². The molecular formula is C13H17N5O3S. The molecule has 2 aromatic heterocycles. The minimum absolute atomic E-state index is 0.151. The molecule has 0 saturated carbocycles. The molecule has 0 bridgehead atoms. The van der Waals surface area contributed by atoms with E-state index in [0.717, 1.165) is 0 Å². The van der Waals surface area contributed by atoms with E-state index in [9.17, 15) is 10.2 Å². The molecule has 1 fully saturated rings. The molecule has 1 aliphatic rings. The maximum atomic E-state index is 9.86. The average Bonchev–Trinajstić information content (AvgIpc) is 3.07. The van der Waals surface area contributed by atoms with Gasteiger partial charge in [0.25, 0.3) is 0 Å². The maximum Gasteiger partial charge on any atom is 0.223 e. The van der Waals surface area contributed by atoms with Crippen LogP contribution >= 0.6 is 11.8 Å². The lowest BCUT2D eigenvalue weighted by Gasteiger charge is -2.13. The van der Waals surface area contributed by atoms with E-state index in [1.807, 2.05) is 0 Å². The fraction of sp³-hybridized carbons (Fsp3) is 0.462. The third-order valence-corrected chi connectivity index (χ3v) is 4.40. The van der Waals surface area contributed by atoms with Gasteiger partial charge in [0.2, 0.25) is 5.95 Å². The lowest BCUT2D eigenvalue weighted by Crippen LogP contribution is -2.24. The molecule has 0 radical (unpaired) electrons. The van der Waals surface area contributed by atoms with Crippen LogP contribution in [-0.2, 0) is 4.74 Å². The van der Waals surface area contributed by atoms with Gasteiger partial charge in [-0.3, -0.25) is 4.57 Å². The van der Waals surface area contributed by atoms with E-state index in [4.69, 9.17) is 10.5 Å². The predicted molar refractivity (Wildman–Crippen MR) is 82.3 cm³/mol. The summed E-state index contributed by atoms with van der Waals surface area (Å²) in [6.07, 6.45) is 1.96. The molecule has 4 N–H and O–H groups in total. The summed E-state index contributed by atoms with van der Waals surface area (Å²) in [6.45, 7) is 3.45. The average molecular weight is 323 g/mol. The van der Waals surface area contributed by atoms with Crippen molar-refractivity contribution in [1.29, 1.82) is 0 Å². The van der Waals surface area contributed by atoms with Crippen LogP contribution in [0.5, 0.6) is 0 Å². The monoisotopic (exact) mass is 323 g/mol. The Labute approximate surface area is 131 Å². The molecular weight excluding hydrogens is 306 g/mol. The van der Waals surface area contributed by atoms with Gasteiger partial charge in [-0.15, -0.1) is 6.58 Å².